The summed E-state index contributed by atoms with van der Waals surface area (Å²) in [4.78, 5) is 20.6. The number of carbonyl (C=O) groups is 1. The third-order valence-corrected chi connectivity index (χ3v) is 4.24. The average molecular weight is 478 g/mol. The number of aliphatic imine (C=N–C) groups is 1. The van der Waals surface area contributed by atoms with E-state index in [1.165, 1.54) is 12.8 Å². The summed E-state index contributed by atoms with van der Waals surface area (Å²) in [5.41, 5.74) is 0.893. The highest BCUT2D eigenvalue weighted by atomic mass is 127. The van der Waals surface area contributed by atoms with Crippen LogP contribution in [0.15, 0.2) is 9.41 Å². The monoisotopic (exact) mass is 478 g/mol. The lowest BCUT2D eigenvalue weighted by atomic mass is 10.3. The Balaban J connectivity index is 0.00000338. The predicted molar refractivity (Wildman–Crippen MR) is 112 cm³/mol. The molecule has 1 aliphatic rings. The molecular weight excluding hydrogens is 447 g/mol. The van der Waals surface area contributed by atoms with Crippen molar-refractivity contribution in [2.45, 2.75) is 71.9 Å². The van der Waals surface area contributed by atoms with Crippen molar-refractivity contribution >= 4 is 35.9 Å². The summed E-state index contributed by atoms with van der Waals surface area (Å²) in [7, 11) is 0. The van der Waals surface area contributed by atoms with Crippen LogP contribution in [0, 0.1) is 13.8 Å². The Morgan fingerprint density at radius 1 is 1.31 bits per heavy atom. The Morgan fingerprint density at radius 3 is 2.65 bits per heavy atom. The molecule has 1 aromatic rings. The van der Waals surface area contributed by atoms with E-state index >= 15 is 0 Å². The van der Waals surface area contributed by atoms with Crippen LogP contribution in [0.3, 0.4) is 0 Å². The molecule has 1 fully saturated rings. The van der Waals surface area contributed by atoms with Gasteiger partial charge in [0, 0.05) is 19.5 Å². The van der Waals surface area contributed by atoms with Crippen molar-refractivity contribution < 1.29 is 13.9 Å². The second-order valence-electron chi connectivity index (χ2n) is 6.37. The number of aromatic nitrogens is 1. The molecule has 0 bridgehead atoms. The Labute approximate surface area is 172 Å². The van der Waals surface area contributed by atoms with Gasteiger partial charge in [0.15, 0.2) is 5.96 Å². The van der Waals surface area contributed by atoms with E-state index in [9.17, 15) is 4.79 Å². The predicted octanol–water partition coefficient (Wildman–Crippen LogP) is 3.23. The first-order valence-corrected chi connectivity index (χ1v) is 9.23. The summed E-state index contributed by atoms with van der Waals surface area (Å²) in [5.74, 6) is 2.03. The van der Waals surface area contributed by atoms with Crippen molar-refractivity contribution in [1.29, 1.82) is 0 Å². The van der Waals surface area contributed by atoms with Crippen LogP contribution in [-0.4, -0.2) is 36.1 Å². The van der Waals surface area contributed by atoms with Gasteiger partial charge < -0.3 is 19.8 Å². The van der Waals surface area contributed by atoms with Gasteiger partial charge in [-0.05, 0) is 52.9 Å². The number of hydrogen-bond donors (Lipinski definition) is 2. The van der Waals surface area contributed by atoms with Gasteiger partial charge in [0.1, 0.15) is 18.4 Å². The van der Waals surface area contributed by atoms with Gasteiger partial charge in [0.2, 0.25) is 5.89 Å². The number of nitrogens with one attached hydrogen (secondary N) is 2. The lowest BCUT2D eigenvalue weighted by Gasteiger charge is -2.12. The van der Waals surface area contributed by atoms with E-state index in [4.69, 9.17) is 9.15 Å². The summed E-state index contributed by atoms with van der Waals surface area (Å²) in [6.45, 7) is 7.63. The number of oxazole rings is 1. The third kappa shape index (κ3) is 7.92. The van der Waals surface area contributed by atoms with Crippen LogP contribution in [0.1, 0.15) is 62.8 Å². The van der Waals surface area contributed by atoms with E-state index in [0.29, 0.717) is 37.8 Å². The molecule has 0 aromatic carbocycles. The Bertz CT molecular complexity index is 563. The van der Waals surface area contributed by atoms with Crippen molar-refractivity contribution in [2.75, 3.05) is 13.1 Å². The van der Waals surface area contributed by atoms with Gasteiger partial charge in [0.05, 0.1) is 5.69 Å². The first kappa shape index (κ1) is 22.7. The molecule has 1 aliphatic carbocycles. The fraction of sp³-hybridized carbons (Fsp3) is 0.722. The van der Waals surface area contributed by atoms with Gasteiger partial charge in [-0.25, -0.2) is 9.98 Å². The number of hydrogen-bond acceptors (Lipinski definition) is 5. The van der Waals surface area contributed by atoms with Gasteiger partial charge in [-0.15, -0.1) is 24.0 Å². The lowest BCUT2D eigenvalue weighted by Crippen LogP contribution is -2.38. The van der Waals surface area contributed by atoms with E-state index in [0.717, 1.165) is 30.8 Å². The van der Waals surface area contributed by atoms with E-state index in [1.54, 1.807) is 0 Å². The highest BCUT2D eigenvalue weighted by molar-refractivity contribution is 14.0. The van der Waals surface area contributed by atoms with Gasteiger partial charge >= 0.3 is 5.97 Å². The molecule has 2 N–H and O–H groups in total. The zero-order valence-electron chi connectivity index (χ0n) is 16.0. The maximum Gasteiger partial charge on any atom is 0.306 e. The summed E-state index contributed by atoms with van der Waals surface area (Å²) < 4.78 is 11.0. The molecule has 8 heteroatoms. The topological polar surface area (TPSA) is 88.8 Å². The number of guanidine groups is 1. The van der Waals surface area contributed by atoms with Crippen LogP contribution < -0.4 is 10.6 Å². The Morgan fingerprint density at radius 2 is 2.04 bits per heavy atom. The van der Waals surface area contributed by atoms with Crippen LogP contribution in [0.25, 0.3) is 0 Å². The standard InChI is InChI=1S/C18H30N4O3.HI/c1-4-19-18(21-12-16-22-13(2)14(3)24-16)20-11-7-10-17(23)25-15-8-5-6-9-15;/h15H,4-12H2,1-3H3,(H2,19,20,21);1H. The summed E-state index contributed by atoms with van der Waals surface area (Å²) in [5, 5.41) is 6.40. The molecule has 0 radical (unpaired) electrons. The van der Waals surface area contributed by atoms with Crippen LogP contribution in [0.4, 0.5) is 0 Å². The smallest absolute Gasteiger partial charge is 0.306 e. The number of esters is 1. The van der Waals surface area contributed by atoms with Crippen LogP contribution in [-0.2, 0) is 16.1 Å². The molecule has 0 spiro atoms. The first-order chi connectivity index (χ1) is 12.1. The molecule has 26 heavy (non-hydrogen) atoms. The molecular formula is C18H31IN4O3. The number of halogens is 1. The normalized spacial score (nSPS) is 14.8. The second kappa shape index (κ2) is 12.1. The fourth-order valence-electron chi connectivity index (χ4n) is 2.79. The summed E-state index contributed by atoms with van der Waals surface area (Å²) in [6, 6.07) is 0. The average Bonchev–Trinajstić information content (AvgIpc) is 3.19. The van der Waals surface area contributed by atoms with Crippen molar-refractivity contribution in [3.05, 3.63) is 17.3 Å². The van der Waals surface area contributed by atoms with Crippen LogP contribution in [0.5, 0.6) is 0 Å². The van der Waals surface area contributed by atoms with Crippen LogP contribution >= 0.6 is 24.0 Å². The van der Waals surface area contributed by atoms with E-state index in [1.807, 2.05) is 20.8 Å². The van der Waals surface area contributed by atoms with Crippen molar-refractivity contribution in [1.82, 2.24) is 15.6 Å². The zero-order chi connectivity index (χ0) is 18.1. The van der Waals surface area contributed by atoms with Crippen molar-refractivity contribution in [3.8, 4) is 0 Å². The molecule has 2 rings (SSSR count). The molecule has 7 nitrogen and oxygen atoms in total. The van der Waals surface area contributed by atoms with Gasteiger partial charge in [-0.1, -0.05) is 0 Å². The first-order valence-electron chi connectivity index (χ1n) is 9.23. The van der Waals surface area contributed by atoms with Crippen molar-refractivity contribution in [3.63, 3.8) is 0 Å². The Hall–Kier alpha value is -1.32. The molecule has 0 aliphatic heterocycles. The minimum absolute atomic E-state index is 0. The quantitative estimate of drug-likeness (QED) is 0.196. The third-order valence-electron chi connectivity index (χ3n) is 4.24. The highest BCUT2D eigenvalue weighted by Gasteiger charge is 2.18. The number of ether oxygens (including phenoxy) is 1. The largest absolute Gasteiger partial charge is 0.462 e. The minimum atomic E-state index is -0.0959. The number of rotatable bonds is 8. The highest BCUT2D eigenvalue weighted by Crippen LogP contribution is 2.21. The molecule has 1 heterocycles. The van der Waals surface area contributed by atoms with Gasteiger partial charge in [-0.3, -0.25) is 4.79 Å². The molecule has 0 unspecified atom stereocenters. The van der Waals surface area contributed by atoms with Gasteiger partial charge in [0.25, 0.3) is 0 Å². The van der Waals surface area contributed by atoms with E-state index < -0.39 is 0 Å². The van der Waals surface area contributed by atoms with Crippen molar-refractivity contribution in [2.24, 2.45) is 4.99 Å². The van der Waals surface area contributed by atoms with E-state index in [2.05, 4.69) is 20.6 Å². The SMILES string of the molecule is CCNC(=NCc1nc(C)c(C)o1)NCCCC(=O)OC1CCCC1.I. The molecule has 148 valence electrons. The molecule has 0 atom stereocenters. The molecule has 0 amide bonds. The molecule has 0 saturated heterocycles. The fourth-order valence-corrected chi connectivity index (χ4v) is 2.79. The zero-order valence-corrected chi connectivity index (χ0v) is 18.3. The summed E-state index contributed by atoms with van der Waals surface area (Å²) in [6.07, 6.45) is 5.67. The molecule has 1 aromatic heterocycles. The minimum Gasteiger partial charge on any atom is -0.462 e. The van der Waals surface area contributed by atoms with E-state index in [-0.39, 0.29) is 36.0 Å². The lowest BCUT2D eigenvalue weighted by molar-refractivity contribution is -0.148. The maximum atomic E-state index is 11.8. The molecule has 1 saturated carbocycles. The number of aryl methyl sites for hydroxylation is 2. The number of nitrogens with zero attached hydrogens (tertiary/aromatic N) is 2. The second-order valence-corrected chi connectivity index (χ2v) is 6.37. The summed E-state index contributed by atoms with van der Waals surface area (Å²) >= 11 is 0. The van der Waals surface area contributed by atoms with Crippen LogP contribution in [0.2, 0.25) is 0 Å². The number of carbonyl (C=O) groups excluding carboxylic acids is 1. The maximum absolute atomic E-state index is 11.8. The van der Waals surface area contributed by atoms with Gasteiger partial charge in [-0.2, -0.15) is 0 Å². The Kier molecular flexibility index (Phi) is 10.6.